The van der Waals surface area contributed by atoms with E-state index in [0.717, 1.165) is 55.6 Å². The lowest BCUT2D eigenvalue weighted by Gasteiger charge is -2.37. The van der Waals surface area contributed by atoms with Crippen LogP contribution < -0.4 is 9.80 Å². The van der Waals surface area contributed by atoms with Gasteiger partial charge in [-0.1, -0.05) is 0 Å². The van der Waals surface area contributed by atoms with Crippen LogP contribution in [0.3, 0.4) is 0 Å². The maximum Gasteiger partial charge on any atom is 0.407 e. The molecule has 2 aromatic heterocycles. The van der Waals surface area contributed by atoms with Gasteiger partial charge in [0.05, 0.1) is 11.2 Å². The number of piperidine rings is 1. The smallest absolute Gasteiger partial charge is 0.407 e. The second-order valence-corrected chi connectivity index (χ2v) is 8.18. The van der Waals surface area contributed by atoms with E-state index in [0.29, 0.717) is 13.1 Å². The molecule has 0 unspecified atom stereocenters. The van der Waals surface area contributed by atoms with Crippen molar-refractivity contribution in [2.45, 2.75) is 18.8 Å². The molecule has 3 aromatic rings. The molecule has 0 spiro atoms. The minimum atomic E-state index is -0.834. The Morgan fingerprint density at radius 3 is 2.23 bits per heavy atom. The third-order valence-corrected chi connectivity index (χ3v) is 6.48. The van der Waals surface area contributed by atoms with Gasteiger partial charge in [-0.3, -0.25) is 4.98 Å². The molecule has 1 aromatic carbocycles. The largest absolute Gasteiger partial charge is 0.465 e. The zero-order chi connectivity index (χ0) is 21.2. The number of likely N-dealkylation sites (tertiary alicyclic amines) is 1. The quantitative estimate of drug-likeness (QED) is 0.699. The molecule has 2 saturated heterocycles. The molecule has 2 aliphatic heterocycles. The summed E-state index contributed by atoms with van der Waals surface area (Å²) in [4.78, 5) is 30.7. The Balaban J connectivity index is 1.31. The van der Waals surface area contributed by atoms with E-state index in [1.165, 1.54) is 16.3 Å². The fourth-order valence-electron chi connectivity index (χ4n) is 4.71. The molecule has 1 amide bonds. The van der Waals surface area contributed by atoms with E-state index >= 15 is 0 Å². The van der Waals surface area contributed by atoms with Crippen molar-refractivity contribution in [1.29, 1.82) is 0 Å². The minimum absolute atomic E-state index is 0.274. The molecule has 8 heteroatoms. The molecule has 0 saturated carbocycles. The molecule has 2 fully saturated rings. The van der Waals surface area contributed by atoms with Gasteiger partial charge in [-0.05, 0) is 43.2 Å². The summed E-state index contributed by atoms with van der Waals surface area (Å²) in [5, 5.41) is 10.3. The molecule has 1 N–H and O–H groups in total. The SMILES string of the molecule is O=C(O)N1CCC(c2ncnc3cc(N4CCN(c5ccncc5)CC4)ccc23)CC1. The average molecular weight is 419 g/mol. The molecule has 0 radical (unpaired) electrons. The van der Waals surface area contributed by atoms with E-state index in [9.17, 15) is 9.90 Å². The highest BCUT2D eigenvalue weighted by Crippen LogP contribution is 2.32. The highest BCUT2D eigenvalue weighted by atomic mass is 16.4. The van der Waals surface area contributed by atoms with Crippen molar-refractivity contribution >= 4 is 28.4 Å². The number of fused-ring (bicyclic) bond motifs is 1. The second-order valence-electron chi connectivity index (χ2n) is 8.18. The first-order chi connectivity index (χ1) is 15.2. The maximum atomic E-state index is 11.2. The van der Waals surface area contributed by atoms with Gasteiger partial charge < -0.3 is 19.8 Å². The minimum Gasteiger partial charge on any atom is -0.465 e. The van der Waals surface area contributed by atoms with Crippen LogP contribution in [0, 0.1) is 0 Å². The molecular formula is C23H26N6O2. The van der Waals surface area contributed by atoms with Crippen molar-refractivity contribution in [3.05, 3.63) is 54.7 Å². The standard InChI is InChI=1S/C23H26N6O2/c30-23(31)29-9-5-17(6-10-29)22-20-2-1-19(15-21(20)25-16-26-22)28-13-11-27(12-14-28)18-3-7-24-8-4-18/h1-4,7-8,15-17H,5-6,9-14H2,(H,30,31). The summed E-state index contributed by atoms with van der Waals surface area (Å²) in [6.45, 7) is 4.98. The van der Waals surface area contributed by atoms with E-state index < -0.39 is 6.09 Å². The van der Waals surface area contributed by atoms with Crippen LogP contribution in [-0.4, -0.2) is 70.3 Å². The topological polar surface area (TPSA) is 85.7 Å². The first-order valence-corrected chi connectivity index (χ1v) is 10.8. The van der Waals surface area contributed by atoms with Crippen molar-refractivity contribution in [3.8, 4) is 0 Å². The number of rotatable bonds is 3. The fraction of sp³-hybridized carbons (Fsp3) is 0.391. The molecule has 31 heavy (non-hydrogen) atoms. The number of piperazine rings is 1. The second kappa shape index (κ2) is 8.37. The molecule has 0 bridgehead atoms. The van der Waals surface area contributed by atoms with Gasteiger partial charge >= 0.3 is 6.09 Å². The van der Waals surface area contributed by atoms with E-state index in [1.807, 2.05) is 12.4 Å². The molecule has 0 aliphatic carbocycles. The summed E-state index contributed by atoms with van der Waals surface area (Å²) in [7, 11) is 0. The molecule has 160 valence electrons. The first-order valence-electron chi connectivity index (χ1n) is 10.8. The Labute approximate surface area is 181 Å². The van der Waals surface area contributed by atoms with E-state index in [1.54, 1.807) is 6.33 Å². The summed E-state index contributed by atoms with van der Waals surface area (Å²) < 4.78 is 0. The van der Waals surface area contributed by atoms with Crippen LogP contribution in [0.15, 0.2) is 49.1 Å². The maximum absolute atomic E-state index is 11.2. The lowest BCUT2D eigenvalue weighted by Crippen LogP contribution is -2.46. The third-order valence-electron chi connectivity index (χ3n) is 6.48. The number of benzene rings is 1. The molecular weight excluding hydrogens is 392 g/mol. The van der Waals surface area contributed by atoms with E-state index in [4.69, 9.17) is 0 Å². The number of pyridine rings is 1. The number of nitrogens with zero attached hydrogens (tertiary/aromatic N) is 6. The number of hydrogen-bond acceptors (Lipinski definition) is 6. The summed E-state index contributed by atoms with van der Waals surface area (Å²) >= 11 is 0. The Morgan fingerprint density at radius 1 is 0.871 bits per heavy atom. The molecule has 2 aliphatic rings. The van der Waals surface area contributed by atoms with Crippen LogP contribution in [0.2, 0.25) is 0 Å². The van der Waals surface area contributed by atoms with Crippen LogP contribution >= 0.6 is 0 Å². The first kappa shape index (κ1) is 19.5. The van der Waals surface area contributed by atoms with Crippen LogP contribution in [0.5, 0.6) is 0 Å². The Hall–Kier alpha value is -3.42. The van der Waals surface area contributed by atoms with Crippen LogP contribution in [-0.2, 0) is 0 Å². The van der Waals surface area contributed by atoms with Crippen LogP contribution in [0.25, 0.3) is 10.9 Å². The highest BCUT2D eigenvalue weighted by molar-refractivity contribution is 5.84. The average Bonchev–Trinajstić information content (AvgIpc) is 2.84. The Kier molecular flexibility index (Phi) is 5.28. The number of amides is 1. The van der Waals surface area contributed by atoms with Crippen molar-refractivity contribution in [1.82, 2.24) is 19.9 Å². The van der Waals surface area contributed by atoms with Gasteiger partial charge in [0.2, 0.25) is 0 Å². The Bertz CT molecular complexity index is 1060. The summed E-state index contributed by atoms with van der Waals surface area (Å²) in [5.41, 5.74) is 4.41. The van der Waals surface area contributed by atoms with E-state index in [2.05, 4.69) is 55.1 Å². The summed E-state index contributed by atoms with van der Waals surface area (Å²) in [5.74, 6) is 0.274. The third kappa shape index (κ3) is 3.97. The summed E-state index contributed by atoms with van der Waals surface area (Å²) in [6.07, 6.45) is 6.10. The monoisotopic (exact) mass is 418 g/mol. The van der Waals surface area contributed by atoms with Crippen molar-refractivity contribution < 1.29 is 9.90 Å². The van der Waals surface area contributed by atoms with Crippen molar-refractivity contribution in [2.75, 3.05) is 49.1 Å². The fourth-order valence-corrected chi connectivity index (χ4v) is 4.71. The van der Waals surface area contributed by atoms with Crippen molar-refractivity contribution in [3.63, 3.8) is 0 Å². The lowest BCUT2D eigenvalue weighted by atomic mass is 9.91. The van der Waals surface area contributed by atoms with Gasteiger partial charge in [0.25, 0.3) is 0 Å². The van der Waals surface area contributed by atoms with Gasteiger partial charge in [-0.25, -0.2) is 14.8 Å². The highest BCUT2D eigenvalue weighted by Gasteiger charge is 2.26. The van der Waals surface area contributed by atoms with Gasteiger partial charge in [0, 0.05) is 74.3 Å². The van der Waals surface area contributed by atoms with Gasteiger partial charge in [-0.15, -0.1) is 0 Å². The molecule has 0 atom stereocenters. The summed E-state index contributed by atoms with van der Waals surface area (Å²) in [6, 6.07) is 10.6. The number of carboxylic acid groups (broad SMARTS) is 1. The number of carbonyl (C=O) groups is 1. The van der Waals surface area contributed by atoms with Crippen LogP contribution in [0.4, 0.5) is 16.2 Å². The number of aromatic nitrogens is 3. The molecule has 8 nitrogen and oxygen atoms in total. The number of hydrogen-bond donors (Lipinski definition) is 1. The van der Waals surface area contributed by atoms with Crippen LogP contribution in [0.1, 0.15) is 24.5 Å². The van der Waals surface area contributed by atoms with Gasteiger partial charge in [0.15, 0.2) is 0 Å². The predicted octanol–water partition coefficient (Wildman–Crippen LogP) is 3.21. The zero-order valence-electron chi connectivity index (χ0n) is 17.4. The normalized spacial score (nSPS) is 17.9. The Morgan fingerprint density at radius 2 is 1.55 bits per heavy atom. The number of anilines is 2. The van der Waals surface area contributed by atoms with E-state index in [-0.39, 0.29) is 5.92 Å². The molecule has 5 rings (SSSR count). The van der Waals surface area contributed by atoms with Crippen molar-refractivity contribution in [2.24, 2.45) is 0 Å². The lowest BCUT2D eigenvalue weighted by molar-refractivity contribution is 0.132. The van der Waals surface area contributed by atoms with Gasteiger partial charge in [-0.2, -0.15) is 0 Å². The zero-order valence-corrected chi connectivity index (χ0v) is 17.4. The van der Waals surface area contributed by atoms with Gasteiger partial charge in [0.1, 0.15) is 6.33 Å². The molecule has 4 heterocycles. The predicted molar refractivity (Wildman–Crippen MR) is 120 cm³/mol.